The first-order valence-corrected chi connectivity index (χ1v) is 6.05. The van der Waals surface area contributed by atoms with Crippen LogP contribution < -0.4 is 11.1 Å². The molecular formula is C15H19N3. The third kappa shape index (κ3) is 2.80. The average molecular weight is 241 g/mol. The van der Waals surface area contributed by atoms with Crippen LogP contribution in [0.3, 0.4) is 0 Å². The molecule has 0 fully saturated rings. The molecule has 18 heavy (non-hydrogen) atoms. The Morgan fingerprint density at radius 1 is 1.06 bits per heavy atom. The first kappa shape index (κ1) is 12.4. The van der Waals surface area contributed by atoms with E-state index in [2.05, 4.69) is 55.3 Å². The molecule has 2 rings (SSSR count). The van der Waals surface area contributed by atoms with Gasteiger partial charge in [-0.05, 0) is 35.2 Å². The van der Waals surface area contributed by atoms with Gasteiger partial charge in [-0.1, -0.05) is 32.9 Å². The van der Waals surface area contributed by atoms with Crippen molar-refractivity contribution in [2.75, 3.05) is 11.1 Å². The van der Waals surface area contributed by atoms with E-state index in [4.69, 9.17) is 5.73 Å². The lowest BCUT2D eigenvalue weighted by molar-refractivity contribution is 0.590. The fourth-order valence-corrected chi connectivity index (χ4v) is 1.71. The number of nitrogen functional groups attached to an aromatic ring is 1. The highest BCUT2D eigenvalue weighted by Gasteiger charge is 2.12. The van der Waals surface area contributed by atoms with E-state index in [9.17, 15) is 0 Å². The second-order valence-corrected chi connectivity index (χ2v) is 5.39. The van der Waals surface area contributed by atoms with Crippen LogP contribution in [0.15, 0.2) is 42.6 Å². The van der Waals surface area contributed by atoms with Crippen LogP contribution in [0.2, 0.25) is 0 Å². The van der Waals surface area contributed by atoms with Crippen LogP contribution in [0, 0.1) is 0 Å². The lowest BCUT2D eigenvalue weighted by Gasteiger charge is -2.19. The number of pyridine rings is 1. The van der Waals surface area contributed by atoms with Gasteiger partial charge in [0.1, 0.15) is 0 Å². The van der Waals surface area contributed by atoms with Crippen molar-refractivity contribution >= 4 is 17.2 Å². The Labute approximate surface area is 108 Å². The second-order valence-electron chi connectivity index (χ2n) is 5.39. The molecule has 0 aliphatic heterocycles. The topological polar surface area (TPSA) is 50.9 Å². The van der Waals surface area contributed by atoms with Crippen LogP contribution in [0.25, 0.3) is 0 Å². The zero-order valence-corrected chi connectivity index (χ0v) is 11.1. The zero-order chi connectivity index (χ0) is 13.2. The minimum Gasteiger partial charge on any atom is -0.396 e. The highest BCUT2D eigenvalue weighted by molar-refractivity contribution is 5.68. The van der Waals surface area contributed by atoms with Crippen molar-refractivity contribution in [1.82, 2.24) is 4.98 Å². The van der Waals surface area contributed by atoms with Crippen molar-refractivity contribution in [2.24, 2.45) is 0 Å². The molecule has 3 heteroatoms. The minimum absolute atomic E-state index is 0.169. The molecule has 0 aliphatic carbocycles. The Balaban J connectivity index is 2.19. The van der Waals surface area contributed by atoms with Gasteiger partial charge in [-0.3, -0.25) is 0 Å². The number of aromatic nitrogens is 1. The molecule has 0 saturated carbocycles. The summed E-state index contributed by atoms with van der Waals surface area (Å²) in [4.78, 5) is 4.21. The average Bonchev–Trinajstić information content (AvgIpc) is 2.32. The van der Waals surface area contributed by atoms with Crippen LogP contribution in [0.1, 0.15) is 26.3 Å². The second kappa shape index (κ2) is 4.69. The predicted molar refractivity (Wildman–Crippen MR) is 77.1 cm³/mol. The van der Waals surface area contributed by atoms with Gasteiger partial charge in [0, 0.05) is 11.9 Å². The summed E-state index contributed by atoms with van der Waals surface area (Å²) in [6, 6.07) is 12.0. The molecule has 0 aliphatic rings. The number of nitrogens with two attached hydrogens (primary N) is 1. The SMILES string of the molecule is CC(C)(C)c1ccc(Nc2ncccc2N)cc1. The molecule has 0 unspecified atom stereocenters. The Hall–Kier alpha value is -2.03. The molecule has 0 radical (unpaired) electrons. The fourth-order valence-electron chi connectivity index (χ4n) is 1.71. The van der Waals surface area contributed by atoms with E-state index in [0.717, 1.165) is 5.69 Å². The van der Waals surface area contributed by atoms with Crippen LogP contribution >= 0.6 is 0 Å². The van der Waals surface area contributed by atoms with Gasteiger partial charge < -0.3 is 11.1 Å². The van der Waals surface area contributed by atoms with E-state index in [1.165, 1.54) is 5.56 Å². The van der Waals surface area contributed by atoms with E-state index in [0.29, 0.717) is 11.5 Å². The molecule has 94 valence electrons. The molecule has 0 bridgehead atoms. The van der Waals surface area contributed by atoms with Crippen molar-refractivity contribution in [2.45, 2.75) is 26.2 Å². The Morgan fingerprint density at radius 3 is 2.28 bits per heavy atom. The minimum atomic E-state index is 0.169. The van der Waals surface area contributed by atoms with E-state index in [-0.39, 0.29) is 5.41 Å². The summed E-state index contributed by atoms with van der Waals surface area (Å²) in [5.41, 5.74) is 8.96. The lowest BCUT2D eigenvalue weighted by atomic mass is 9.87. The van der Waals surface area contributed by atoms with Crippen molar-refractivity contribution in [3.63, 3.8) is 0 Å². The summed E-state index contributed by atoms with van der Waals surface area (Å²) in [7, 11) is 0. The van der Waals surface area contributed by atoms with Crippen LogP contribution in [-0.2, 0) is 5.41 Å². The standard InChI is InChI=1S/C15H19N3/c1-15(2,3)11-6-8-12(9-7-11)18-14-13(16)5-4-10-17-14/h4-10H,16H2,1-3H3,(H,17,18). The first-order chi connectivity index (χ1) is 8.47. The summed E-state index contributed by atoms with van der Waals surface area (Å²) >= 11 is 0. The largest absolute Gasteiger partial charge is 0.396 e. The first-order valence-electron chi connectivity index (χ1n) is 6.05. The summed E-state index contributed by atoms with van der Waals surface area (Å²) in [6.45, 7) is 6.60. The number of hydrogen-bond donors (Lipinski definition) is 2. The van der Waals surface area contributed by atoms with E-state index < -0.39 is 0 Å². The van der Waals surface area contributed by atoms with Gasteiger partial charge in [0.05, 0.1) is 5.69 Å². The summed E-state index contributed by atoms with van der Waals surface area (Å²) in [5.74, 6) is 0.695. The highest BCUT2D eigenvalue weighted by Crippen LogP contribution is 2.25. The molecule has 1 heterocycles. The monoisotopic (exact) mass is 241 g/mol. The Bertz CT molecular complexity index is 524. The Kier molecular flexibility index (Phi) is 3.24. The lowest BCUT2D eigenvalue weighted by Crippen LogP contribution is -2.10. The number of anilines is 3. The number of nitrogens with one attached hydrogen (secondary N) is 1. The van der Waals surface area contributed by atoms with Crippen LogP contribution in [0.5, 0.6) is 0 Å². The molecule has 1 aromatic carbocycles. The van der Waals surface area contributed by atoms with Gasteiger partial charge in [-0.15, -0.1) is 0 Å². The third-order valence-electron chi connectivity index (χ3n) is 2.85. The maximum absolute atomic E-state index is 5.84. The number of rotatable bonds is 2. The van der Waals surface area contributed by atoms with Gasteiger partial charge in [0.25, 0.3) is 0 Å². The zero-order valence-electron chi connectivity index (χ0n) is 11.1. The maximum atomic E-state index is 5.84. The summed E-state index contributed by atoms with van der Waals surface area (Å²) in [5, 5.41) is 3.21. The number of hydrogen-bond acceptors (Lipinski definition) is 3. The van der Waals surface area contributed by atoms with E-state index >= 15 is 0 Å². The molecule has 0 spiro atoms. The molecule has 1 aromatic heterocycles. The molecule has 3 nitrogen and oxygen atoms in total. The summed E-state index contributed by atoms with van der Waals surface area (Å²) < 4.78 is 0. The van der Waals surface area contributed by atoms with Gasteiger partial charge in [-0.2, -0.15) is 0 Å². The molecule has 0 saturated heterocycles. The van der Waals surface area contributed by atoms with Gasteiger partial charge >= 0.3 is 0 Å². The number of benzene rings is 1. The quantitative estimate of drug-likeness (QED) is 0.842. The van der Waals surface area contributed by atoms with Crippen LogP contribution in [0.4, 0.5) is 17.2 Å². The molecule has 0 atom stereocenters. The number of nitrogens with zero attached hydrogens (tertiary/aromatic N) is 1. The Morgan fingerprint density at radius 2 is 1.72 bits per heavy atom. The molecular weight excluding hydrogens is 222 g/mol. The van der Waals surface area contributed by atoms with Gasteiger partial charge in [0.15, 0.2) is 5.82 Å². The summed E-state index contributed by atoms with van der Waals surface area (Å²) in [6.07, 6.45) is 1.72. The van der Waals surface area contributed by atoms with Crippen molar-refractivity contribution in [3.05, 3.63) is 48.2 Å². The normalized spacial score (nSPS) is 11.3. The fraction of sp³-hybridized carbons (Fsp3) is 0.267. The van der Waals surface area contributed by atoms with E-state index in [1.54, 1.807) is 6.20 Å². The van der Waals surface area contributed by atoms with Crippen molar-refractivity contribution in [3.8, 4) is 0 Å². The van der Waals surface area contributed by atoms with Gasteiger partial charge in [-0.25, -0.2) is 4.98 Å². The predicted octanol–water partition coefficient (Wildman–Crippen LogP) is 3.70. The highest BCUT2D eigenvalue weighted by atomic mass is 15.0. The van der Waals surface area contributed by atoms with Crippen molar-refractivity contribution < 1.29 is 0 Å². The van der Waals surface area contributed by atoms with Gasteiger partial charge in [0.2, 0.25) is 0 Å². The third-order valence-corrected chi connectivity index (χ3v) is 2.85. The van der Waals surface area contributed by atoms with Crippen molar-refractivity contribution in [1.29, 1.82) is 0 Å². The van der Waals surface area contributed by atoms with E-state index in [1.807, 2.05) is 12.1 Å². The smallest absolute Gasteiger partial charge is 0.153 e. The molecule has 3 N–H and O–H groups in total. The molecule has 0 amide bonds. The molecule has 2 aromatic rings. The maximum Gasteiger partial charge on any atom is 0.153 e. The van der Waals surface area contributed by atoms with Crippen LogP contribution in [-0.4, -0.2) is 4.98 Å².